The van der Waals surface area contributed by atoms with Crippen LogP contribution in [0.25, 0.3) is 5.82 Å². The number of aryl methyl sites for hydroxylation is 1. The zero-order chi connectivity index (χ0) is 13.1. The van der Waals surface area contributed by atoms with Gasteiger partial charge in [-0.25, -0.2) is 14.8 Å². The van der Waals surface area contributed by atoms with Crippen LogP contribution in [0.2, 0.25) is 0 Å². The topological polar surface area (TPSA) is 95.9 Å². The lowest BCUT2D eigenvalue weighted by molar-refractivity contribution is 0.0596. The second-order valence-electron chi connectivity index (χ2n) is 3.51. The number of ether oxygens (including phenoxy) is 1. The maximum Gasteiger partial charge on any atom is 0.360 e. The number of nitrogens with zero attached hydrogens (tertiary/aromatic N) is 4. The highest BCUT2D eigenvalue weighted by molar-refractivity contribution is 5.92. The molecule has 94 valence electrons. The summed E-state index contributed by atoms with van der Waals surface area (Å²) in [4.78, 5) is 23.8. The first kappa shape index (κ1) is 12.0. The van der Waals surface area contributed by atoms with Crippen LogP contribution < -0.4 is 5.73 Å². The highest BCUT2D eigenvalue weighted by Crippen LogP contribution is 2.20. The van der Waals surface area contributed by atoms with Crippen molar-refractivity contribution in [1.82, 2.24) is 19.5 Å². The summed E-state index contributed by atoms with van der Waals surface area (Å²) in [6, 6.07) is 0. The maximum atomic E-state index is 11.5. The largest absolute Gasteiger partial charge is 0.464 e. The van der Waals surface area contributed by atoms with Crippen LogP contribution in [0.1, 0.15) is 23.2 Å². The van der Waals surface area contributed by atoms with Gasteiger partial charge in [-0.2, -0.15) is 0 Å². The average molecular weight is 247 g/mol. The molecule has 7 heteroatoms. The Kier molecular flexibility index (Phi) is 3.22. The number of imidazole rings is 1. The van der Waals surface area contributed by atoms with Gasteiger partial charge in [-0.1, -0.05) is 6.92 Å². The smallest absolute Gasteiger partial charge is 0.360 e. The fourth-order valence-electron chi connectivity index (χ4n) is 1.63. The second kappa shape index (κ2) is 4.82. The minimum Gasteiger partial charge on any atom is -0.464 e. The molecule has 0 saturated carbocycles. The minimum absolute atomic E-state index is 0.0972. The van der Waals surface area contributed by atoms with Gasteiger partial charge in [-0.3, -0.25) is 9.55 Å². The van der Waals surface area contributed by atoms with E-state index in [4.69, 9.17) is 5.73 Å². The quantitative estimate of drug-likeness (QED) is 0.797. The Morgan fingerprint density at radius 1 is 1.50 bits per heavy atom. The molecule has 0 aromatic carbocycles. The predicted molar refractivity (Wildman–Crippen MR) is 64.3 cm³/mol. The summed E-state index contributed by atoms with van der Waals surface area (Å²) in [5.74, 6) is 0.798. The number of carbonyl (C=O) groups excluding carboxylic acids is 1. The molecule has 7 nitrogen and oxygen atoms in total. The number of nitrogens with two attached hydrogens (primary N) is 1. The molecule has 0 saturated heterocycles. The molecule has 0 aliphatic heterocycles. The van der Waals surface area contributed by atoms with Crippen LogP contribution >= 0.6 is 0 Å². The number of methoxy groups -OCH3 is 1. The molecule has 0 unspecified atom stereocenters. The van der Waals surface area contributed by atoms with Crippen molar-refractivity contribution in [2.45, 2.75) is 13.3 Å². The Bertz CT molecular complexity index is 564. The third-order valence-corrected chi connectivity index (χ3v) is 2.46. The standard InChI is InChI=1S/C11H13N5O2/c1-3-7-15-9(11(17)18-2)10(12)16(7)8-6-13-4-5-14-8/h4-6H,3,12H2,1-2H3. The van der Waals surface area contributed by atoms with Crippen molar-refractivity contribution in [2.24, 2.45) is 0 Å². The van der Waals surface area contributed by atoms with Crippen molar-refractivity contribution in [1.29, 1.82) is 0 Å². The normalized spacial score (nSPS) is 10.3. The fourth-order valence-corrected chi connectivity index (χ4v) is 1.63. The van der Waals surface area contributed by atoms with Crippen molar-refractivity contribution in [3.8, 4) is 5.82 Å². The van der Waals surface area contributed by atoms with Crippen LogP contribution in [0.15, 0.2) is 18.6 Å². The highest BCUT2D eigenvalue weighted by atomic mass is 16.5. The number of esters is 1. The molecule has 0 bridgehead atoms. The van der Waals surface area contributed by atoms with Crippen molar-refractivity contribution in [3.63, 3.8) is 0 Å². The molecule has 0 spiro atoms. The molecular weight excluding hydrogens is 234 g/mol. The summed E-state index contributed by atoms with van der Waals surface area (Å²) in [6.45, 7) is 1.91. The number of anilines is 1. The maximum absolute atomic E-state index is 11.5. The molecular formula is C11H13N5O2. The Morgan fingerprint density at radius 2 is 2.28 bits per heavy atom. The van der Waals surface area contributed by atoms with Gasteiger partial charge in [0.1, 0.15) is 11.6 Å². The fraction of sp³-hybridized carbons (Fsp3) is 0.273. The van der Waals surface area contributed by atoms with Gasteiger partial charge < -0.3 is 10.5 Å². The molecule has 2 N–H and O–H groups in total. The van der Waals surface area contributed by atoms with Gasteiger partial charge in [0.15, 0.2) is 11.5 Å². The van der Waals surface area contributed by atoms with Gasteiger partial charge in [0.25, 0.3) is 0 Å². The summed E-state index contributed by atoms with van der Waals surface area (Å²) in [5, 5.41) is 0. The van der Waals surface area contributed by atoms with E-state index in [1.807, 2.05) is 6.92 Å². The van der Waals surface area contributed by atoms with E-state index in [1.54, 1.807) is 23.2 Å². The number of nitrogen functional groups attached to an aromatic ring is 1. The molecule has 18 heavy (non-hydrogen) atoms. The lowest BCUT2D eigenvalue weighted by Gasteiger charge is -2.06. The van der Waals surface area contributed by atoms with E-state index in [2.05, 4.69) is 19.7 Å². The van der Waals surface area contributed by atoms with Crippen LogP contribution in [0.3, 0.4) is 0 Å². The molecule has 0 radical (unpaired) electrons. The second-order valence-corrected chi connectivity index (χ2v) is 3.51. The van der Waals surface area contributed by atoms with Crippen LogP contribution in [-0.2, 0) is 11.2 Å². The van der Waals surface area contributed by atoms with Crippen LogP contribution in [0.4, 0.5) is 5.82 Å². The summed E-state index contributed by atoms with van der Waals surface area (Å²) in [7, 11) is 1.29. The molecule has 2 heterocycles. The van der Waals surface area contributed by atoms with Crippen LogP contribution in [0.5, 0.6) is 0 Å². The lowest BCUT2D eigenvalue weighted by atomic mass is 10.4. The monoisotopic (exact) mass is 247 g/mol. The Hall–Kier alpha value is -2.44. The molecule has 0 aliphatic carbocycles. The zero-order valence-corrected chi connectivity index (χ0v) is 10.1. The van der Waals surface area contributed by atoms with Gasteiger partial charge in [-0.05, 0) is 0 Å². The first-order valence-electron chi connectivity index (χ1n) is 5.40. The Balaban J connectivity index is 2.60. The average Bonchev–Trinajstić information content (AvgIpc) is 2.75. The number of aromatic nitrogens is 4. The molecule has 0 aliphatic rings. The van der Waals surface area contributed by atoms with E-state index in [-0.39, 0.29) is 11.5 Å². The first-order chi connectivity index (χ1) is 8.69. The van der Waals surface area contributed by atoms with Gasteiger partial charge in [-0.15, -0.1) is 0 Å². The van der Waals surface area contributed by atoms with Crippen molar-refractivity contribution in [2.75, 3.05) is 12.8 Å². The van der Waals surface area contributed by atoms with E-state index in [1.165, 1.54) is 7.11 Å². The zero-order valence-electron chi connectivity index (χ0n) is 10.1. The van der Waals surface area contributed by atoms with Crippen molar-refractivity contribution >= 4 is 11.8 Å². The Morgan fingerprint density at radius 3 is 2.83 bits per heavy atom. The number of rotatable bonds is 3. The predicted octanol–water partition coefficient (Wildman–Crippen LogP) is 0.594. The molecule has 0 fully saturated rings. The number of carbonyl (C=O) groups is 1. The third-order valence-electron chi connectivity index (χ3n) is 2.46. The first-order valence-corrected chi connectivity index (χ1v) is 5.40. The third kappa shape index (κ3) is 1.90. The Labute approximate surface area is 104 Å². The highest BCUT2D eigenvalue weighted by Gasteiger charge is 2.21. The van der Waals surface area contributed by atoms with Gasteiger partial charge >= 0.3 is 5.97 Å². The van der Waals surface area contributed by atoms with Gasteiger partial charge in [0.05, 0.1) is 13.3 Å². The summed E-state index contributed by atoms with van der Waals surface area (Å²) in [6.07, 6.45) is 5.27. The molecule has 2 rings (SSSR count). The van der Waals surface area contributed by atoms with Crippen molar-refractivity contribution < 1.29 is 9.53 Å². The van der Waals surface area contributed by atoms with E-state index in [0.29, 0.717) is 18.1 Å². The lowest BCUT2D eigenvalue weighted by Crippen LogP contribution is -2.09. The minimum atomic E-state index is -0.565. The molecule has 0 amide bonds. The van der Waals surface area contributed by atoms with Crippen LogP contribution in [0, 0.1) is 0 Å². The van der Waals surface area contributed by atoms with Crippen molar-refractivity contribution in [3.05, 3.63) is 30.1 Å². The van der Waals surface area contributed by atoms with E-state index in [9.17, 15) is 4.79 Å². The summed E-state index contributed by atoms with van der Waals surface area (Å²) >= 11 is 0. The molecule has 2 aromatic heterocycles. The van der Waals surface area contributed by atoms with E-state index in [0.717, 1.165) is 0 Å². The van der Waals surface area contributed by atoms with Gasteiger partial charge in [0, 0.05) is 18.8 Å². The van der Waals surface area contributed by atoms with Crippen LogP contribution in [-0.4, -0.2) is 32.6 Å². The number of hydrogen-bond acceptors (Lipinski definition) is 6. The van der Waals surface area contributed by atoms with E-state index >= 15 is 0 Å². The summed E-state index contributed by atoms with van der Waals surface area (Å²) in [5.41, 5.74) is 6.02. The van der Waals surface area contributed by atoms with E-state index < -0.39 is 5.97 Å². The van der Waals surface area contributed by atoms with Gasteiger partial charge in [0.2, 0.25) is 0 Å². The number of hydrogen-bond donors (Lipinski definition) is 1. The molecule has 0 atom stereocenters. The summed E-state index contributed by atoms with van der Waals surface area (Å²) < 4.78 is 6.23. The SMILES string of the molecule is CCc1nc(C(=O)OC)c(N)n1-c1cnccn1. The molecule has 2 aromatic rings.